The van der Waals surface area contributed by atoms with E-state index in [4.69, 9.17) is 0 Å². The monoisotopic (exact) mass is 184 g/mol. The molecule has 72 valence electrons. The standard InChI is InChI=1S/C9H12O4/c10-7-4-8(11)6-3-1-2-5(7)9(6,12)13/h5-6,12-13H,1-4H2. The van der Waals surface area contributed by atoms with Gasteiger partial charge in [-0.1, -0.05) is 6.42 Å². The van der Waals surface area contributed by atoms with Crippen LogP contribution in [-0.2, 0) is 9.59 Å². The number of carbonyl (C=O) groups is 2. The van der Waals surface area contributed by atoms with Crippen molar-refractivity contribution in [1.29, 1.82) is 0 Å². The fourth-order valence-electron chi connectivity index (χ4n) is 2.41. The third kappa shape index (κ3) is 1.13. The van der Waals surface area contributed by atoms with Crippen LogP contribution in [0.25, 0.3) is 0 Å². The average Bonchev–Trinajstić information content (AvgIpc) is 1.98. The van der Waals surface area contributed by atoms with Crippen LogP contribution in [0.15, 0.2) is 0 Å². The lowest BCUT2D eigenvalue weighted by molar-refractivity contribution is -0.247. The topological polar surface area (TPSA) is 74.6 Å². The molecule has 4 heteroatoms. The number of hydrogen-bond donors (Lipinski definition) is 2. The zero-order valence-electron chi connectivity index (χ0n) is 7.19. The fraction of sp³-hybridized carbons (Fsp3) is 0.778. The first-order valence-corrected chi connectivity index (χ1v) is 4.53. The lowest BCUT2D eigenvalue weighted by Gasteiger charge is -2.43. The van der Waals surface area contributed by atoms with Crippen LogP contribution in [0, 0.1) is 11.8 Å². The Morgan fingerprint density at radius 3 is 2.00 bits per heavy atom. The second-order valence-electron chi connectivity index (χ2n) is 3.93. The summed E-state index contributed by atoms with van der Waals surface area (Å²) in [7, 11) is 0. The normalized spacial score (nSPS) is 37.7. The van der Waals surface area contributed by atoms with E-state index in [2.05, 4.69) is 0 Å². The zero-order chi connectivity index (χ0) is 9.64. The molecule has 0 heterocycles. The first-order valence-electron chi connectivity index (χ1n) is 4.53. The van der Waals surface area contributed by atoms with Gasteiger partial charge in [-0.3, -0.25) is 9.59 Å². The first-order chi connectivity index (χ1) is 6.03. The molecular formula is C9H12O4. The predicted molar refractivity (Wildman–Crippen MR) is 42.6 cm³/mol. The maximum absolute atomic E-state index is 11.3. The van der Waals surface area contributed by atoms with Gasteiger partial charge in [0.15, 0.2) is 5.79 Å². The van der Waals surface area contributed by atoms with E-state index in [0.29, 0.717) is 12.8 Å². The quantitative estimate of drug-likeness (QED) is 0.397. The van der Waals surface area contributed by atoms with E-state index < -0.39 is 17.6 Å². The second-order valence-corrected chi connectivity index (χ2v) is 3.93. The summed E-state index contributed by atoms with van der Waals surface area (Å²) < 4.78 is 0. The van der Waals surface area contributed by atoms with Crippen LogP contribution < -0.4 is 0 Å². The molecule has 0 spiro atoms. The fourth-order valence-corrected chi connectivity index (χ4v) is 2.41. The Labute approximate surface area is 75.6 Å². The third-order valence-corrected chi connectivity index (χ3v) is 3.14. The van der Waals surface area contributed by atoms with Gasteiger partial charge in [-0.05, 0) is 12.8 Å². The molecule has 4 nitrogen and oxygen atoms in total. The van der Waals surface area contributed by atoms with Crippen molar-refractivity contribution in [2.45, 2.75) is 31.5 Å². The molecule has 0 aliphatic heterocycles. The number of Topliss-reactive ketones (excluding diaryl/α,β-unsaturated/α-hetero) is 2. The molecule has 2 unspecified atom stereocenters. The maximum Gasteiger partial charge on any atom is 0.182 e. The number of ketones is 2. The largest absolute Gasteiger partial charge is 0.364 e. The van der Waals surface area contributed by atoms with Gasteiger partial charge in [0.25, 0.3) is 0 Å². The highest BCUT2D eigenvalue weighted by atomic mass is 16.5. The van der Waals surface area contributed by atoms with Crippen LogP contribution >= 0.6 is 0 Å². The van der Waals surface area contributed by atoms with Crippen molar-refractivity contribution in [2.24, 2.45) is 11.8 Å². The molecule has 2 aliphatic carbocycles. The molecule has 2 bridgehead atoms. The van der Waals surface area contributed by atoms with Crippen LogP contribution in [0.5, 0.6) is 0 Å². The van der Waals surface area contributed by atoms with Crippen molar-refractivity contribution in [1.82, 2.24) is 0 Å². The number of hydrogen-bond acceptors (Lipinski definition) is 4. The second kappa shape index (κ2) is 2.62. The number of carbonyl (C=O) groups excluding carboxylic acids is 2. The smallest absolute Gasteiger partial charge is 0.182 e. The molecule has 2 rings (SSSR count). The van der Waals surface area contributed by atoms with Crippen molar-refractivity contribution >= 4 is 11.6 Å². The van der Waals surface area contributed by atoms with Crippen LogP contribution in [0.3, 0.4) is 0 Å². The summed E-state index contributed by atoms with van der Waals surface area (Å²) >= 11 is 0. The Morgan fingerprint density at radius 1 is 1.08 bits per heavy atom. The minimum atomic E-state index is -2.06. The molecule has 13 heavy (non-hydrogen) atoms. The van der Waals surface area contributed by atoms with E-state index in [-0.39, 0.29) is 18.0 Å². The maximum atomic E-state index is 11.3. The van der Waals surface area contributed by atoms with Gasteiger partial charge in [0.2, 0.25) is 0 Å². The zero-order valence-corrected chi connectivity index (χ0v) is 7.19. The van der Waals surface area contributed by atoms with Gasteiger partial charge in [0.1, 0.15) is 11.6 Å². The van der Waals surface area contributed by atoms with Crippen LogP contribution in [-0.4, -0.2) is 27.6 Å². The highest BCUT2D eigenvalue weighted by Gasteiger charge is 2.55. The highest BCUT2D eigenvalue weighted by molar-refractivity contribution is 6.05. The van der Waals surface area contributed by atoms with E-state index in [1.54, 1.807) is 0 Å². The van der Waals surface area contributed by atoms with E-state index >= 15 is 0 Å². The van der Waals surface area contributed by atoms with E-state index in [9.17, 15) is 19.8 Å². The van der Waals surface area contributed by atoms with Gasteiger partial charge < -0.3 is 10.2 Å². The van der Waals surface area contributed by atoms with Crippen molar-refractivity contribution in [2.75, 3.05) is 0 Å². The SMILES string of the molecule is O=C1CC(=O)C2CCCC1C2(O)O. The minimum absolute atomic E-state index is 0.113. The number of aliphatic hydroxyl groups is 2. The van der Waals surface area contributed by atoms with Crippen LogP contribution in [0.1, 0.15) is 25.7 Å². The lowest BCUT2D eigenvalue weighted by atomic mass is 9.66. The van der Waals surface area contributed by atoms with E-state index in [0.717, 1.165) is 6.42 Å². The number of rotatable bonds is 0. The van der Waals surface area contributed by atoms with Gasteiger partial charge in [-0.15, -0.1) is 0 Å². The summed E-state index contributed by atoms with van der Waals surface area (Å²) in [6.07, 6.45) is 1.61. The molecule has 0 saturated heterocycles. The summed E-state index contributed by atoms with van der Waals surface area (Å²) in [5.41, 5.74) is 0. The van der Waals surface area contributed by atoms with Crippen LogP contribution in [0.4, 0.5) is 0 Å². The predicted octanol–water partition coefficient (Wildman–Crippen LogP) is -0.375. The lowest BCUT2D eigenvalue weighted by Crippen LogP contribution is -2.58. The average molecular weight is 184 g/mol. The Balaban J connectivity index is 2.37. The summed E-state index contributed by atoms with van der Waals surface area (Å²) in [5.74, 6) is -4.16. The van der Waals surface area contributed by atoms with Crippen LogP contribution in [0.2, 0.25) is 0 Å². The summed E-state index contributed by atoms with van der Waals surface area (Å²) in [6.45, 7) is 0. The third-order valence-electron chi connectivity index (χ3n) is 3.14. The van der Waals surface area contributed by atoms with Gasteiger partial charge in [0, 0.05) is 0 Å². The highest BCUT2D eigenvalue weighted by Crippen LogP contribution is 2.42. The molecule has 0 radical (unpaired) electrons. The molecule has 0 aromatic heterocycles. The van der Waals surface area contributed by atoms with Crippen molar-refractivity contribution in [3.05, 3.63) is 0 Å². The molecule has 2 saturated carbocycles. The van der Waals surface area contributed by atoms with Crippen molar-refractivity contribution in [3.8, 4) is 0 Å². The van der Waals surface area contributed by atoms with Crippen molar-refractivity contribution < 1.29 is 19.8 Å². The van der Waals surface area contributed by atoms with E-state index in [1.807, 2.05) is 0 Å². The molecule has 0 aromatic rings. The Morgan fingerprint density at radius 2 is 1.54 bits per heavy atom. The van der Waals surface area contributed by atoms with Gasteiger partial charge >= 0.3 is 0 Å². The van der Waals surface area contributed by atoms with Gasteiger partial charge in [-0.2, -0.15) is 0 Å². The molecule has 2 aliphatic rings. The summed E-state index contributed by atoms with van der Waals surface area (Å²) in [5, 5.41) is 19.2. The minimum Gasteiger partial charge on any atom is -0.364 e. The summed E-state index contributed by atoms with van der Waals surface area (Å²) in [4.78, 5) is 22.6. The van der Waals surface area contributed by atoms with Gasteiger partial charge in [-0.25, -0.2) is 0 Å². The summed E-state index contributed by atoms with van der Waals surface area (Å²) in [6, 6.07) is 0. The molecule has 0 amide bonds. The molecule has 0 aromatic carbocycles. The molecule has 2 fully saturated rings. The Hall–Kier alpha value is -0.740. The molecular weight excluding hydrogens is 172 g/mol. The Kier molecular flexibility index (Phi) is 1.78. The number of fused-ring (bicyclic) bond motifs is 2. The van der Waals surface area contributed by atoms with Crippen molar-refractivity contribution in [3.63, 3.8) is 0 Å². The molecule has 2 atom stereocenters. The first kappa shape index (κ1) is 8.84. The van der Waals surface area contributed by atoms with E-state index in [1.165, 1.54) is 0 Å². The molecule has 2 N–H and O–H groups in total. The Bertz CT molecular complexity index is 245. The van der Waals surface area contributed by atoms with Gasteiger partial charge in [0.05, 0.1) is 18.3 Å².